The molecule has 3 heteroatoms. The van der Waals surface area contributed by atoms with Gasteiger partial charge in [0.2, 0.25) is 0 Å². The number of hydrogen-bond acceptors (Lipinski definition) is 3. The molecule has 3 nitrogen and oxygen atoms in total. The van der Waals surface area contributed by atoms with E-state index in [0.717, 1.165) is 25.9 Å². The zero-order chi connectivity index (χ0) is 6.97. The lowest BCUT2D eigenvalue weighted by molar-refractivity contribution is -0.157. The average Bonchev–Trinajstić information content (AvgIpc) is 2.20. The van der Waals surface area contributed by atoms with Crippen molar-refractivity contribution < 1.29 is 9.53 Å². The van der Waals surface area contributed by atoms with Crippen LogP contribution < -0.4 is 5.32 Å². The molecule has 3 aliphatic heterocycles. The Morgan fingerprint density at radius 2 is 2.30 bits per heavy atom. The van der Waals surface area contributed by atoms with Crippen molar-refractivity contribution in [1.82, 2.24) is 5.32 Å². The summed E-state index contributed by atoms with van der Waals surface area (Å²) in [6.45, 7) is 1.66. The van der Waals surface area contributed by atoms with Gasteiger partial charge in [-0.1, -0.05) is 0 Å². The van der Waals surface area contributed by atoms with Crippen molar-refractivity contribution in [3.8, 4) is 0 Å². The molecule has 0 aromatic heterocycles. The van der Waals surface area contributed by atoms with Crippen LogP contribution in [-0.4, -0.2) is 25.2 Å². The van der Waals surface area contributed by atoms with Crippen LogP contribution in [0.4, 0.5) is 0 Å². The Hall–Kier alpha value is -0.570. The number of rotatable bonds is 0. The van der Waals surface area contributed by atoms with Crippen LogP contribution in [0.5, 0.6) is 0 Å². The monoisotopic (exact) mass is 141 g/mol. The topological polar surface area (TPSA) is 38.3 Å². The van der Waals surface area contributed by atoms with Gasteiger partial charge in [-0.05, 0) is 12.8 Å². The van der Waals surface area contributed by atoms with E-state index in [4.69, 9.17) is 4.74 Å². The van der Waals surface area contributed by atoms with Crippen LogP contribution in [0.3, 0.4) is 0 Å². The Balaban J connectivity index is 2.15. The molecule has 0 saturated carbocycles. The fourth-order valence-corrected chi connectivity index (χ4v) is 1.57. The van der Waals surface area contributed by atoms with Crippen LogP contribution >= 0.6 is 0 Å². The van der Waals surface area contributed by atoms with Gasteiger partial charge in [0, 0.05) is 13.1 Å². The van der Waals surface area contributed by atoms with E-state index in [1.165, 1.54) is 0 Å². The standard InChI is InChI=1S/C7H11NO2/c9-7-5-1-2-6(10-7)4-8-3-5/h5-6,8H,1-4H2/t5-,6+/m0/s1. The third-order valence-corrected chi connectivity index (χ3v) is 2.22. The number of nitrogens with one attached hydrogen (secondary N) is 1. The minimum atomic E-state index is 0.00116. The molecule has 0 aliphatic carbocycles. The smallest absolute Gasteiger partial charge is 0.310 e. The minimum Gasteiger partial charge on any atom is -0.461 e. The molecule has 0 aromatic rings. The van der Waals surface area contributed by atoms with Gasteiger partial charge in [0.1, 0.15) is 6.10 Å². The molecule has 1 N–H and O–H groups in total. The summed E-state index contributed by atoms with van der Waals surface area (Å²) in [5.74, 6) is 0.139. The quantitative estimate of drug-likeness (QED) is 0.479. The first-order chi connectivity index (χ1) is 4.86. The molecular weight excluding hydrogens is 130 g/mol. The first-order valence-corrected chi connectivity index (χ1v) is 3.77. The summed E-state index contributed by atoms with van der Waals surface area (Å²) in [6.07, 6.45) is 2.21. The first kappa shape index (κ1) is 6.16. The van der Waals surface area contributed by atoms with Crippen molar-refractivity contribution in [1.29, 1.82) is 0 Å². The van der Waals surface area contributed by atoms with Gasteiger partial charge in [0.25, 0.3) is 0 Å². The molecule has 3 fully saturated rings. The maximum Gasteiger partial charge on any atom is 0.310 e. The lowest BCUT2D eigenvalue weighted by atomic mass is 10.0. The number of hydrogen-bond donors (Lipinski definition) is 1. The number of esters is 1. The van der Waals surface area contributed by atoms with Crippen LogP contribution in [-0.2, 0) is 9.53 Å². The van der Waals surface area contributed by atoms with Crippen LogP contribution in [0, 0.1) is 5.92 Å². The largest absolute Gasteiger partial charge is 0.461 e. The van der Waals surface area contributed by atoms with E-state index in [0.29, 0.717) is 0 Å². The highest BCUT2D eigenvalue weighted by molar-refractivity contribution is 5.73. The lowest BCUT2D eigenvalue weighted by Crippen LogP contribution is -2.29. The maximum atomic E-state index is 11.0. The zero-order valence-electron chi connectivity index (χ0n) is 5.80. The second kappa shape index (κ2) is 2.23. The van der Waals surface area contributed by atoms with E-state index in [9.17, 15) is 4.79 Å². The number of fused-ring (bicyclic) bond motifs is 4. The lowest BCUT2D eigenvalue weighted by Gasteiger charge is -2.21. The third-order valence-electron chi connectivity index (χ3n) is 2.22. The fraction of sp³-hybridized carbons (Fsp3) is 0.857. The number of carbonyl (C=O) groups is 1. The summed E-state index contributed by atoms with van der Waals surface area (Å²) in [4.78, 5) is 11.0. The van der Waals surface area contributed by atoms with Crippen molar-refractivity contribution in [3.63, 3.8) is 0 Å². The molecule has 10 heavy (non-hydrogen) atoms. The molecule has 0 radical (unpaired) electrons. The van der Waals surface area contributed by atoms with E-state index >= 15 is 0 Å². The highest BCUT2D eigenvalue weighted by atomic mass is 16.5. The van der Waals surface area contributed by atoms with Crippen molar-refractivity contribution in [2.24, 2.45) is 5.92 Å². The van der Waals surface area contributed by atoms with Crippen LogP contribution in [0.2, 0.25) is 0 Å². The molecule has 3 saturated heterocycles. The van der Waals surface area contributed by atoms with Gasteiger partial charge < -0.3 is 10.1 Å². The predicted molar refractivity (Wildman–Crippen MR) is 35.5 cm³/mol. The minimum absolute atomic E-state index is 0.00116. The average molecular weight is 141 g/mol. The molecule has 0 aromatic carbocycles. The van der Waals surface area contributed by atoms with Gasteiger partial charge in [-0.15, -0.1) is 0 Å². The van der Waals surface area contributed by atoms with Gasteiger partial charge in [-0.3, -0.25) is 4.79 Å². The third kappa shape index (κ3) is 0.904. The predicted octanol–water partition coefficient (Wildman–Crippen LogP) is -0.0886. The molecule has 0 amide bonds. The van der Waals surface area contributed by atoms with Crippen molar-refractivity contribution in [2.45, 2.75) is 18.9 Å². The van der Waals surface area contributed by atoms with Crippen LogP contribution in [0.15, 0.2) is 0 Å². The molecule has 3 rings (SSSR count). The summed E-state index contributed by atoms with van der Waals surface area (Å²) in [7, 11) is 0. The Bertz CT molecular complexity index is 154. The zero-order valence-corrected chi connectivity index (χ0v) is 5.80. The summed E-state index contributed by atoms with van der Waals surface area (Å²) in [5, 5.41) is 3.19. The van der Waals surface area contributed by atoms with Gasteiger partial charge >= 0.3 is 5.97 Å². The van der Waals surface area contributed by atoms with E-state index in [2.05, 4.69) is 5.32 Å². The van der Waals surface area contributed by atoms with E-state index in [1.807, 2.05) is 0 Å². The fourth-order valence-electron chi connectivity index (χ4n) is 1.57. The summed E-state index contributed by atoms with van der Waals surface area (Å²) < 4.78 is 5.11. The van der Waals surface area contributed by atoms with E-state index < -0.39 is 0 Å². The van der Waals surface area contributed by atoms with Gasteiger partial charge in [0.05, 0.1) is 5.92 Å². The second-order valence-corrected chi connectivity index (χ2v) is 2.99. The first-order valence-electron chi connectivity index (χ1n) is 3.77. The maximum absolute atomic E-state index is 11.0. The molecule has 3 aliphatic rings. The van der Waals surface area contributed by atoms with E-state index in [-0.39, 0.29) is 18.0 Å². The van der Waals surface area contributed by atoms with Crippen molar-refractivity contribution in [2.75, 3.05) is 13.1 Å². The van der Waals surface area contributed by atoms with Crippen LogP contribution in [0.25, 0.3) is 0 Å². The molecule has 0 spiro atoms. The van der Waals surface area contributed by atoms with E-state index in [1.54, 1.807) is 0 Å². The highest BCUT2D eigenvalue weighted by Crippen LogP contribution is 2.21. The van der Waals surface area contributed by atoms with Gasteiger partial charge in [-0.2, -0.15) is 0 Å². The van der Waals surface area contributed by atoms with Gasteiger partial charge in [-0.25, -0.2) is 0 Å². The molecule has 3 heterocycles. The second-order valence-electron chi connectivity index (χ2n) is 2.99. The Kier molecular flexibility index (Phi) is 1.38. The SMILES string of the molecule is O=C1O[C@@H]2CC[C@H]1CNC2. The Morgan fingerprint density at radius 3 is 3.10 bits per heavy atom. The summed E-state index contributed by atoms with van der Waals surface area (Å²) >= 11 is 0. The number of carbonyl (C=O) groups excluding carboxylic acids is 1. The van der Waals surface area contributed by atoms with Gasteiger partial charge in [0.15, 0.2) is 0 Å². The Morgan fingerprint density at radius 1 is 1.40 bits per heavy atom. The normalized spacial score (nSPS) is 39.0. The van der Waals surface area contributed by atoms with Crippen LogP contribution in [0.1, 0.15) is 12.8 Å². The molecule has 2 atom stereocenters. The Labute approximate surface area is 59.7 Å². The van der Waals surface area contributed by atoms with Crippen molar-refractivity contribution >= 4 is 5.97 Å². The highest BCUT2D eigenvalue weighted by Gasteiger charge is 2.32. The summed E-state index contributed by atoms with van der Waals surface area (Å²) in [5.41, 5.74) is 0. The summed E-state index contributed by atoms with van der Waals surface area (Å²) in [6, 6.07) is 0. The number of ether oxygens (including phenoxy) is 1. The van der Waals surface area contributed by atoms with Crippen molar-refractivity contribution in [3.05, 3.63) is 0 Å². The molecule has 0 unspecified atom stereocenters. The molecule has 56 valence electrons. The molecule has 2 bridgehead atoms. The molecular formula is C7H11NO2.